The fourth-order valence-electron chi connectivity index (χ4n) is 3.25. The van der Waals surface area contributed by atoms with E-state index < -0.39 is 23.7 Å². The molecule has 1 aliphatic rings. The van der Waals surface area contributed by atoms with Crippen molar-refractivity contribution >= 4 is 29.8 Å². The Bertz CT molecular complexity index is 1210. The maximum Gasteiger partial charge on any atom is 0.313 e. The van der Waals surface area contributed by atoms with Crippen LogP contribution in [0.3, 0.4) is 0 Å². The van der Waals surface area contributed by atoms with Crippen LogP contribution in [0, 0.1) is 11.3 Å². The predicted molar refractivity (Wildman–Crippen MR) is 122 cm³/mol. The SMILES string of the molecule is C=CCNC(=O)/C(C#N)=C/c1ccc(OC(=O)CCN2C(=O)c3ccccc3C2=O)c(OC)c1. The van der Waals surface area contributed by atoms with Crippen LogP contribution in [-0.2, 0) is 9.59 Å². The van der Waals surface area contributed by atoms with E-state index in [-0.39, 0.29) is 36.6 Å². The van der Waals surface area contributed by atoms with Gasteiger partial charge in [-0.05, 0) is 35.9 Å². The lowest BCUT2D eigenvalue weighted by Crippen LogP contribution is -2.32. The summed E-state index contributed by atoms with van der Waals surface area (Å²) in [5, 5.41) is 11.8. The normalized spacial score (nSPS) is 12.6. The standard InChI is InChI=1S/C25H21N3O6/c1-3-11-27-23(30)17(15-26)13-16-8-9-20(21(14-16)33-2)34-22(29)10-12-28-24(31)18-6-4-5-7-19(18)25(28)32/h3-9,13-14H,1,10-12H2,2H3,(H,27,30)/b17-13+. The average molecular weight is 459 g/mol. The fraction of sp³-hybridized carbons (Fsp3) is 0.160. The maximum absolute atomic E-state index is 12.4. The van der Waals surface area contributed by atoms with E-state index in [1.165, 1.54) is 31.4 Å². The second-order valence-electron chi connectivity index (χ2n) is 7.11. The molecule has 34 heavy (non-hydrogen) atoms. The van der Waals surface area contributed by atoms with E-state index in [1.807, 2.05) is 6.07 Å². The number of ether oxygens (including phenoxy) is 2. The molecule has 0 aromatic heterocycles. The molecule has 0 saturated heterocycles. The Labute approximate surface area is 195 Å². The highest BCUT2D eigenvalue weighted by Crippen LogP contribution is 2.29. The van der Waals surface area contributed by atoms with E-state index in [2.05, 4.69) is 11.9 Å². The van der Waals surface area contributed by atoms with Gasteiger partial charge in [0.1, 0.15) is 11.6 Å². The average Bonchev–Trinajstić information content (AvgIpc) is 3.09. The summed E-state index contributed by atoms with van der Waals surface area (Å²) in [4.78, 5) is 50.2. The van der Waals surface area contributed by atoms with Gasteiger partial charge in [-0.1, -0.05) is 24.3 Å². The maximum atomic E-state index is 12.4. The van der Waals surface area contributed by atoms with E-state index in [9.17, 15) is 24.4 Å². The first-order valence-electron chi connectivity index (χ1n) is 10.2. The van der Waals surface area contributed by atoms with Crippen molar-refractivity contribution in [2.45, 2.75) is 6.42 Å². The summed E-state index contributed by atoms with van der Waals surface area (Å²) in [6, 6.07) is 12.8. The molecule has 1 N–H and O–H groups in total. The second-order valence-corrected chi connectivity index (χ2v) is 7.11. The molecule has 0 atom stereocenters. The number of imide groups is 1. The third kappa shape index (κ3) is 5.19. The Hall–Kier alpha value is -4.71. The molecule has 0 unspecified atom stereocenters. The predicted octanol–water partition coefficient (Wildman–Crippen LogP) is 2.50. The summed E-state index contributed by atoms with van der Waals surface area (Å²) >= 11 is 0. The van der Waals surface area contributed by atoms with Crippen molar-refractivity contribution in [3.8, 4) is 17.6 Å². The van der Waals surface area contributed by atoms with Gasteiger partial charge in [0, 0.05) is 13.1 Å². The van der Waals surface area contributed by atoms with Crippen molar-refractivity contribution in [1.82, 2.24) is 10.2 Å². The van der Waals surface area contributed by atoms with Crippen molar-refractivity contribution in [2.24, 2.45) is 0 Å². The zero-order chi connectivity index (χ0) is 24.7. The Morgan fingerprint density at radius 2 is 1.79 bits per heavy atom. The number of carbonyl (C=O) groups is 4. The van der Waals surface area contributed by atoms with E-state index in [4.69, 9.17) is 9.47 Å². The molecule has 3 rings (SSSR count). The molecule has 0 spiro atoms. The number of esters is 1. The van der Waals surface area contributed by atoms with Crippen LogP contribution < -0.4 is 14.8 Å². The Morgan fingerprint density at radius 1 is 1.12 bits per heavy atom. The van der Waals surface area contributed by atoms with Gasteiger partial charge in [0.2, 0.25) is 0 Å². The number of amides is 3. The fourth-order valence-corrected chi connectivity index (χ4v) is 3.25. The molecule has 0 bridgehead atoms. The first-order chi connectivity index (χ1) is 16.4. The number of nitrogens with one attached hydrogen (secondary N) is 1. The quantitative estimate of drug-likeness (QED) is 0.152. The number of hydrogen-bond donors (Lipinski definition) is 1. The van der Waals surface area contributed by atoms with E-state index in [0.29, 0.717) is 16.7 Å². The van der Waals surface area contributed by atoms with Gasteiger partial charge in [0.05, 0.1) is 24.7 Å². The first-order valence-corrected chi connectivity index (χ1v) is 10.2. The van der Waals surface area contributed by atoms with Crippen molar-refractivity contribution in [2.75, 3.05) is 20.2 Å². The summed E-state index contributed by atoms with van der Waals surface area (Å²) in [6.07, 6.45) is 2.65. The Balaban J connectivity index is 1.66. The lowest BCUT2D eigenvalue weighted by atomic mass is 10.1. The topological polar surface area (TPSA) is 126 Å². The van der Waals surface area contributed by atoms with Crippen LogP contribution in [0.25, 0.3) is 6.08 Å². The molecular formula is C25H21N3O6. The van der Waals surface area contributed by atoms with Gasteiger partial charge in [-0.2, -0.15) is 5.26 Å². The summed E-state index contributed by atoms with van der Waals surface area (Å²) in [7, 11) is 1.38. The summed E-state index contributed by atoms with van der Waals surface area (Å²) in [5.74, 6) is -1.81. The van der Waals surface area contributed by atoms with Gasteiger partial charge >= 0.3 is 5.97 Å². The first kappa shape index (κ1) is 23.9. The summed E-state index contributed by atoms with van der Waals surface area (Å²) in [5.41, 5.74) is 0.977. The van der Waals surface area contributed by atoms with Crippen molar-refractivity contribution in [3.05, 3.63) is 77.4 Å². The number of rotatable bonds is 9. The summed E-state index contributed by atoms with van der Waals surface area (Å²) in [6.45, 7) is 3.59. The zero-order valence-corrected chi connectivity index (χ0v) is 18.4. The van der Waals surface area contributed by atoms with Crippen LogP contribution >= 0.6 is 0 Å². The zero-order valence-electron chi connectivity index (χ0n) is 18.4. The molecule has 9 nitrogen and oxygen atoms in total. The summed E-state index contributed by atoms with van der Waals surface area (Å²) < 4.78 is 10.6. The number of carbonyl (C=O) groups excluding carboxylic acids is 4. The number of hydrogen-bond acceptors (Lipinski definition) is 7. The molecule has 0 saturated carbocycles. The minimum absolute atomic E-state index is 0.113. The third-order valence-electron chi connectivity index (χ3n) is 4.91. The number of methoxy groups -OCH3 is 1. The minimum atomic E-state index is -0.667. The molecule has 9 heteroatoms. The number of benzene rings is 2. The van der Waals surface area contributed by atoms with E-state index in [1.54, 1.807) is 30.3 Å². The highest BCUT2D eigenvalue weighted by atomic mass is 16.6. The molecule has 3 amide bonds. The molecule has 0 radical (unpaired) electrons. The monoisotopic (exact) mass is 459 g/mol. The molecule has 2 aromatic carbocycles. The van der Waals surface area contributed by atoms with Crippen molar-refractivity contribution in [3.63, 3.8) is 0 Å². The molecule has 1 aliphatic heterocycles. The minimum Gasteiger partial charge on any atom is -0.493 e. The molecule has 2 aromatic rings. The van der Waals surface area contributed by atoms with Crippen LogP contribution in [0.2, 0.25) is 0 Å². The smallest absolute Gasteiger partial charge is 0.313 e. The van der Waals surface area contributed by atoms with Crippen LogP contribution in [0.15, 0.2) is 60.7 Å². The van der Waals surface area contributed by atoms with Gasteiger partial charge in [-0.25, -0.2) is 0 Å². The number of fused-ring (bicyclic) bond motifs is 1. The van der Waals surface area contributed by atoms with Gasteiger partial charge in [-0.15, -0.1) is 6.58 Å². The van der Waals surface area contributed by atoms with E-state index in [0.717, 1.165) is 4.90 Å². The molecule has 0 aliphatic carbocycles. The highest BCUT2D eigenvalue weighted by molar-refractivity contribution is 6.21. The Kier molecular flexibility index (Phi) is 7.56. The second kappa shape index (κ2) is 10.7. The van der Waals surface area contributed by atoms with E-state index >= 15 is 0 Å². The molecule has 0 fully saturated rings. The van der Waals surface area contributed by atoms with Crippen molar-refractivity contribution in [1.29, 1.82) is 5.26 Å². The molecular weight excluding hydrogens is 438 g/mol. The lowest BCUT2D eigenvalue weighted by molar-refractivity contribution is -0.134. The molecule has 1 heterocycles. The number of nitriles is 1. The van der Waals surface area contributed by atoms with Crippen molar-refractivity contribution < 1.29 is 28.7 Å². The highest BCUT2D eigenvalue weighted by Gasteiger charge is 2.35. The van der Waals surface area contributed by atoms with Crippen LogP contribution in [0.4, 0.5) is 0 Å². The molecule has 172 valence electrons. The lowest BCUT2D eigenvalue weighted by Gasteiger charge is -2.14. The largest absolute Gasteiger partial charge is 0.493 e. The van der Waals surface area contributed by atoms with Gasteiger partial charge < -0.3 is 14.8 Å². The van der Waals surface area contributed by atoms with Crippen LogP contribution in [0.1, 0.15) is 32.7 Å². The van der Waals surface area contributed by atoms with Gasteiger partial charge in [-0.3, -0.25) is 24.1 Å². The van der Waals surface area contributed by atoms with Gasteiger partial charge in [0.15, 0.2) is 11.5 Å². The van der Waals surface area contributed by atoms with Crippen LogP contribution in [-0.4, -0.2) is 48.8 Å². The third-order valence-corrected chi connectivity index (χ3v) is 4.91. The van der Waals surface area contributed by atoms with Gasteiger partial charge in [0.25, 0.3) is 17.7 Å². The Morgan fingerprint density at radius 3 is 2.38 bits per heavy atom. The van der Waals surface area contributed by atoms with Crippen LogP contribution in [0.5, 0.6) is 11.5 Å². The number of nitrogens with zero attached hydrogens (tertiary/aromatic N) is 2.